The van der Waals surface area contributed by atoms with E-state index in [0.717, 1.165) is 36.4 Å². The number of nitrogens with one attached hydrogen (secondary N) is 3. The Morgan fingerprint density at radius 3 is 0.867 bits per heavy atom. The lowest BCUT2D eigenvalue weighted by molar-refractivity contribution is 0.0686. The Bertz CT molecular complexity index is 1690. The number of hydrogen-bond acceptors (Lipinski definition) is 9. The molecule has 0 saturated carbocycles. The van der Waals surface area contributed by atoms with Gasteiger partial charge in [0.2, 0.25) is 0 Å². The molecule has 4 aromatic carbocycles. The van der Waals surface area contributed by atoms with Gasteiger partial charge in [0, 0.05) is 16.7 Å². The predicted molar refractivity (Wildman–Crippen MR) is 164 cm³/mol. The molecule has 3 amide bonds. The van der Waals surface area contributed by atoms with Crippen molar-refractivity contribution in [3.8, 4) is 0 Å². The normalized spacial score (nSPS) is 10.4. The van der Waals surface area contributed by atoms with Gasteiger partial charge < -0.3 is 48.5 Å². The Balaban J connectivity index is 1.75. The van der Waals surface area contributed by atoms with E-state index in [1.807, 2.05) is 0 Å². The molecule has 0 fully saturated rings. The van der Waals surface area contributed by atoms with Gasteiger partial charge in [-0.2, -0.15) is 0 Å². The van der Waals surface area contributed by atoms with Crippen LogP contribution < -0.4 is 33.2 Å². The largest absolute Gasteiger partial charge is 0.478 e. The number of nitrogen functional groups attached to an aromatic ring is 3. The second-order valence-corrected chi connectivity index (χ2v) is 9.48. The van der Waals surface area contributed by atoms with Gasteiger partial charge in [-0.3, -0.25) is 14.4 Å². The third-order valence-electron chi connectivity index (χ3n) is 6.36. The lowest BCUT2D eigenvalue weighted by Gasteiger charge is -2.14. The molecule has 0 radical (unpaired) electrons. The average Bonchev–Trinajstić information content (AvgIpc) is 2.99. The molecule has 45 heavy (non-hydrogen) atoms. The van der Waals surface area contributed by atoms with Gasteiger partial charge in [0.15, 0.2) is 0 Å². The van der Waals surface area contributed by atoms with Crippen LogP contribution in [0.4, 0.5) is 34.1 Å². The zero-order valence-corrected chi connectivity index (χ0v) is 23.0. The summed E-state index contributed by atoms with van der Waals surface area (Å²) in [5.41, 5.74) is 16.4. The summed E-state index contributed by atoms with van der Waals surface area (Å²) in [5, 5.41) is 35.2. The van der Waals surface area contributed by atoms with E-state index >= 15 is 0 Å². The maximum absolute atomic E-state index is 13.3. The van der Waals surface area contributed by atoms with Gasteiger partial charge in [-0.1, -0.05) is 0 Å². The maximum Gasteiger partial charge on any atom is 0.335 e. The fraction of sp³-hybridized carbons (Fsp3) is 0. The zero-order valence-electron chi connectivity index (χ0n) is 23.0. The molecule has 228 valence electrons. The quantitative estimate of drug-likeness (QED) is 0.123. The highest BCUT2D eigenvalue weighted by molar-refractivity contribution is 6.14. The van der Waals surface area contributed by atoms with Gasteiger partial charge in [-0.05, 0) is 72.8 Å². The Kier molecular flexibility index (Phi) is 8.65. The number of carbonyl (C=O) groups excluding carboxylic acids is 3. The van der Waals surface area contributed by atoms with Crippen molar-refractivity contribution in [3.63, 3.8) is 0 Å². The summed E-state index contributed by atoms with van der Waals surface area (Å²) < 4.78 is 0. The summed E-state index contributed by atoms with van der Waals surface area (Å²) in [6.07, 6.45) is 0. The lowest BCUT2D eigenvalue weighted by atomic mass is 10.0. The Morgan fingerprint density at radius 2 is 0.644 bits per heavy atom. The number of rotatable bonds is 9. The number of carboxylic acids is 3. The van der Waals surface area contributed by atoms with E-state index in [1.165, 1.54) is 36.4 Å². The molecule has 0 saturated heterocycles. The zero-order chi connectivity index (χ0) is 33.0. The summed E-state index contributed by atoms with van der Waals surface area (Å²) in [6.45, 7) is 0. The molecule has 15 nitrogen and oxygen atoms in total. The van der Waals surface area contributed by atoms with Crippen LogP contribution in [0, 0.1) is 0 Å². The summed E-state index contributed by atoms with van der Waals surface area (Å²) in [4.78, 5) is 74.1. The Hall–Kier alpha value is -6.90. The topological polar surface area (TPSA) is 277 Å². The van der Waals surface area contributed by atoms with Crippen molar-refractivity contribution in [2.24, 2.45) is 0 Å². The molecule has 0 spiro atoms. The highest BCUT2D eigenvalue weighted by Crippen LogP contribution is 2.25. The SMILES string of the molecule is Nc1ccc(C(=O)O)cc1NC(=O)c1cc(C(=O)Nc2cc(C(=O)O)ccc2N)cc(C(=O)Nc2cc(C(=O)O)ccc2N)c1. The van der Waals surface area contributed by atoms with Crippen LogP contribution in [0.2, 0.25) is 0 Å². The third kappa shape index (κ3) is 7.12. The number of hydrogen-bond donors (Lipinski definition) is 9. The molecular formula is C30H24N6O9. The molecule has 0 aliphatic carbocycles. The summed E-state index contributed by atoms with van der Waals surface area (Å²) in [6, 6.07) is 14.2. The van der Waals surface area contributed by atoms with Crippen LogP contribution in [-0.2, 0) is 0 Å². The number of amides is 3. The van der Waals surface area contributed by atoms with Crippen molar-refractivity contribution in [1.29, 1.82) is 0 Å². The molecule has 0 aliphatic heterocycles. The van der Waals surface area contributed by atoms with Crippen LogP contribution in [0.3, 0.4) is 0 Å². The van der Waals surface area contributed by atoms with Crippen molar-refractivity contribution in [2.45, 2.75) is 0 Å². The van der Waals surface area contributed by atoms with Crippen LogP contribution in [0.15, 0.2) is 72.8 Å². The van der Waals surface area contributed by atoms with E-state index in [0.29, 0.717) is 0 Å². The van der Waals surface area contributed by atoms with Crippen molar-refractivity contribution in [3.05, 3.63) is 106 Å². The first-order chi connectivity index (χ1) is 21.2. The van der Waals surface area contributed by atoms with Crippen LogP contribution in [0.25, 0.3) is 0 Å². The molecule has 0 unspecified atom stereocenters. The van der Waals surface area contributed by atoms with Crippen LogP contribution in [0.1, 0.15) is 62.1 Å². The van der Waals surface area contributed by atoms with E-state index in [1.54, 1.807) is 0 Å². The van der Waals surface area contributed by atoms with Gasteiger partial charge in [0.05, 0.1) is 50.8 Å². The van der Waals surface area contributed by atoms with Crippen LogP contribution in [0.5, 0.6) is 0 Å². The number of anilines is 6. The number of aromatic carboxylic acids is 3. The van der Waals surface area contributed by atoms with Crippen molar-refractivity contribution >= 4 is 69.8 Å². The summed E-state index contributed by atoms with van der Waals surface area (Å²) >= 11 is 0. The highest BCUT2D eigenvalue weighted by atomic mass is 16.4. The van der Waals surface area contributed by atoms with E-state index in [-0.39, 0.29) is 67.5 Å². The first kappa shape index (κ1) is 31.0. The maximum atomic E-state index is 13.3. The Morgan fingerprint density at radius 1 is 0.400 bits per heavy atom. The molecule has 0 aliphatic rings. The van der Waals surface area contributed by atoms with Gasteiger partial charge in [-0.25, -0.2) is 14.4 Å². The number of nitrogens with two attached hydrogens (primary N) is 3. The molecule has 4 rings (SSSR count). The predicted octanol–water partition coefficient (Wildman–Crippen LogP) is 3.28. The second-order valence-electron chi connectivity index (χ2n) is 9.48. The molecule has 0 heterocycles. The van der Waals surface area contributed by atoms with Gasteiger partial charge >= 0.3 is 17.9 Å². The van der Waals surface area contributed by atoms with Gasteiger partial charge in [0.25, 0.3) is 17.7 Å². The minimum Gasteiger partial charge on any atom is -0.478 e. The molecule has 0 aromatic heterocycles. The number of benzene rings is 4. The smallest absolute Gasteiger partial charge is 0.335 e. The molecule has 4 aromatic rings. The van der Waals surface area contributed by atoms with E-state index in [2.05, 4.69) is 16.0 Å². The highest BCUT2D eigenvalue weighted by Gasteiger charge is 2.20. The van der Waals surface area contributed by atoms with E-state index in [4.69, 9.17) is 17.2 Å². The standard InChI is InChI=1S/C30H24N6O9/c31-19-4-1-13(28(40)41)10-22(19)34-25(37)16-7-17(26(38)35-23-11-14(29(42)43)2-5-20(23)32)9-18(8-16)27(39)36-24-12-15(30(44)45)3-6-21(24)33/h1-12H,31-33H2,(H,34,37)(H,35,38)(H,36,39)(H,40,41)(H,42,43)(H,44,45). The third-order valence-corrected chi connectivity index (χ3v) is 6.36. The second kappa shape index (κ2) is 12.5. The number of carbonyl (C=O) groups is 6. The Labute approximate surface area is 253 Å². The minimum absolute atomic E-state index is 0.0304. The molecule has 0 atom stereocenters. The van der Waals surface area contributed by atoms with Crippen LogP contribution >= 0.6 is 0 Å². The molecule has 15 heteroatoms. The minimum atomic E-state index is -1.28. The average molecular weight is 613 g/mol. The molecular weight excluding hydrogens is 588 g/mol. The van der Waals surface area contributed by atoms with E-state index < -0.39 is 35.6 Å². The first-order valence-electron chi connectivity index (χ1n) is 12.7. The van der Waals surface area contributed by atoms with Crippen molar-refractivity contribution in [2.75, 3.05) is 33.2 Å². The van der Waals surface area contributed by atoms with Crippen molar-refractivity contribution < 1.29 is 44.1 Å². The first-order valence-corrected chi connectivity index (χ1v) is 12.7. The molecule has 0 bridgehead atoms. The lowest BCUT2D eigenvalue weighted by Crippen LogP contribution is -2.20. The van der Waals surface area contributed by atoms with Crippen molar-refractivity contribution in [1.82, 2.24) is 0 Å². The van der Waals surface area contributed by atoms with Crippen LogP contribution in [-0.4, -0.2) is 50.9 Å². The monoisotopic (exact) mass is 612 g/mol. The van der Waals surface area contributed by atoms with Gasteiger partial charge in [0.1, 0.15) is 0 Å². The molecule has 12 N–H and O–H groups in total. The fourth-order valence-electron chi connectivity index (χ4n) is 4.00. The van der Waals surface area contributed by atoms with Gasteiger partial charge in [-0.15, -0.1) is 0 Å². The summed E-state index contributed by atoms with van der Waals surface area (Å²) in [5.74, 6) is -6.48. The number of carboxylic acid groups (broad SMARTS) is 3. The fourth-order valence-corrected chi connectivity index (χ4v) is 4.00. The summed E-state index contributed by atoms with van der Waals surface area (Å²) in [7, 11) is 0. The van der Waals surface area contributed by atoms with E-state index in [9.17, 15) is 44.1 Å².